The molecule has 0 saturated carbocycles. The van der Waals surface area contributed by atoms with E-state index in [4.69, 9.17) is 5.11 Å². The number of carboxylic acid groups (broad SMARTS) is 1. The second-order valence-corrected chi connectivity index (χ2v) is 6.02. The summed E-state index contributed by atoms with van der Waals surface area (Å²) in [5, 5.41) is 11.3. The molecule has 88 valence electrons. The summed E-state index contributed by atoms with van der Waals surface area (Å²) >= 11 is 5.55. The van der Waals surface area contributed by atoms with E-state index >= 15 is 0 Å². The van der Waals surface area contributed by atoms with Crippen molar-refractivity contribution in [1.82, 2.24) is 5.32 Å². The number of aliphatic carboxylic acids is 1. The smallest absolute Gasteiger partial charge is 0.327 e. The molecule has 0 aliphatic heterocycles. The molecule has 0 heterocycles. The van der Waals surface area contributed by atoms with Crippen molar-refractivity contribution in [2.75, 3.05) is 11.5 Å². The van der Waals surface area contributed by atoms with Crippen LogP contribution in [0.1, 0.15) is 20.8 Å². The van der Waals surface area contributed by atoms with Crippen molar-refractivity contribution in [2.24, 2.45) is 0 Å². The first-order chi connectivity index (χ1) is 6.79. The van der Waals surface area contributed by atoms with Crippen LogP contribution in [0, 0.1) is 0 Å². The number of nitrogens with one attached hydrogen (secondary N) is 1. The van der Waals surface area contributed by atoms with E-state index in [-0.39, 0.29) is 5.91 Å². The Hall–Kier alpha value is -0.360. The molecule has 2 N–H and O–H groups in total. The number of thiol groups is 1. The Kier molecular flexibility index (Phi) is 6.12. The lowest BCUT2D eigenvalue weighted by atomic mass is 10.2. The molecule has 0 aromatic rings. The van der Waals surface area contributed by atoms with Crippen LogP contribution >= 0.6 is 24.4 Å². The fraction of sp³-hybridized carbons (Fsp3) is 0.778. The molecule has 0 spiro atoms. The molecular weight excluding hydrogens is 234 g/mol. The van der Waals surface area contributed by atoms with Crippen molar-refractivity contribution in [2.45, 2.75) is 31.6 Å². The van der Waals surface area contributed by atoms with Gasteiger partial charge in [0, 0.05) is 5.75 Å². The molecule has 1 amide bonds. The van der Waals surface area contributed by atoms with Crippen molar-refractivity contribution in [3.8, 4) is 0 Å². The normalized spacial score (nSPS) is 13.3. The van der Waals surface area contributed by atoms with E-state index in [2.05, 4.69) is 17.9 Å². The van der Waals surface area contributed by atoms with Gasteiger partial charge in [-0.1, -0.05) is 6.92 Å². The molecule has 0 aromatic carbocycles. The number of amides is 1. The number of rotatable bonds is 6. The summed E-state index contributed by atoms with van der Waals surface area (Å²) in [6, 6.07) is -0.839. The third kappa shape index (κ3) is 5.94. The molecule has 0 aliphatic carbocycles. The first kappa shape index (κ1) is 14.6. The Morgan fingerprint density at radius 3 is 2.40 bits per heavy atom. The number of thioether (sulfide) groups is 1. The quantitative estimate of drug-likeness (QED) is 0.617. The van der Waals surface area contributed by atoms with Crippen LogP contribution in [0.5, 0.6) is 0 Å². The topological polar surface area (TPSA) is 66.4 Å². The van der Waals surface area contributed by atoms with Crippen molar-refractivity contribution in [3.63, 3.8) is 0 Å². The number of carbonyl (C=O) groups is 2. The van der Waals surface area contributed by atoms with Gasteiger partial charge in [-0.05, 0) is 19.6 Å². The lowest BCUT2D eigenvalue weighted by Gasteiger charge is -2.20. The zero-order chi connectivity index (χ0) is 12.1. The van der Waals surface area contributed by atoms with Gasteiger partial charge in [-0.3, -0.25) is 4.79 Å². The van der Waals surface area contributed by atoms with Gasteiger partial charge in [0.15, 0.2) is 0 Å². The third-order valence-electron chi connectivity index (χ3n) is 1.65. The average molecular weight is 251 g/mol. The average Bonchev–Trinajstić information content (AvgIpc) is 2.09. The molecule has 0 aromatic heterocycles. The fourth-order valence-electron chi connectivity index (χ4n) is 0.745. The molecular formula is C9H17NO3S2. The van der Waals surface area contributed by atoms with E-state index in [1.165, 1.54) is 11.8 Å². The van der Waals surface area contributed by atoms with Gasteiger partial charge >= 0.3 is 5.97 Å². The highest BCUT2D eigenvalue weighted by Crippen LogP contribution is 2.12. The van der Waals surface area contributed by atoms with Crippen LogP contribution in [0.25, 0.3) is 0 Å². The Labute approximate surface area is 99.6 Å². The molecule has 15 heavy (non-hydrogen) atoms. The Bertz CT molecular complexity index is 238. The van der Waals surface area contributed by atoms with E-state index in [0.29, 0.717) is 5.75 Å². The molecule has 0 radical (unpaired) electrons. The monoisotopic (exact) mass is 251 g/mol. The van der Waals surface area contributed by atoms with Gasteiger partial charge in [-0.2, -0.15) is 24.4 Å². The van der Waals surface area contributed by atoms with E-state index < -0.39 is 16.8 Å². The first-order valence-electron chi connectivity index (χ1n) is 4.63. The SMILES string of the molecule is CCSCC(NC(=O)C(C)(C)S)C(=O)O. The largest absolute Gasteiger partial charge is 0.480 e. The van der Waals surface area contributed by atoms with Crippen LogP contribution in [-0.4, -0.2) is 39.3 Å². The molecule has 1 unspecified atom stereocenters. The maximum atomic E-state index is 11.5. The van der Waals surface area contributed by atoms with Gasteiger partial charge in [0.05, 0.1) is 4.75 Å². The minimum Gasteiger partial charge on any atom is -0.480 e. The highest BCUT2D eigenvalue weighted by atomic mass is 32.2. The van der Waals surface area contributed by atoms with E-state index in [1.807, 2.05) is 6.92 Å². The Morgan fingerprint density at radius 2 is 2.07 bits per heavy atom. The summed E-state index contributed by atoms with van der Waals surface area (Å²) in [6.07, 6.45) is 0. The van der Waals surface area contributed by atoms with Crippen LogP contribution in [-0.2, 0) is 9.59 Å². The molecule has 0 saturated heterocycles. The summed E-state index contributed by atoms with van der Waals surface area (Å²) in [6.45, 7) is 5.18. The van der Waals surface area contributed by atoms with Crippen LogP contribution in [0.4, 0.5) is 0 Å². The molecule has 0 aliphatic rings. The molecule has 6 heteroatoms. The molecule has 4 nitrogen and oxygen atoms in total. The molecule has 1 atom stereocenters. The maximum Gasteiger partial charge on any atom is 0.327 e. The summed E-state index contributed by atoms with van der Waals surface area (Å²) in [5.74, 6) is -0.178. The Morgan fingerprint density at radius 1 is 1.53 bits per heavy atom. The van der Waals surface area contributed by atoms with Gasteiger partial charge in [0.2, 0.25) is 5.91 Å². The number of hydrogen-bond acceptors (Lipinski definition) is 4. The lowest BCUT2D eigenvalue weighted by Crippen LogP contribution is -2.48. The fourth-order valence-corrected chi connectivity index (χ4v) is 1.51. The summed E-state index contributed by atoms with van der Waals surface area (Å²) < 4.78 is -0.857. The number of carboxylic acids is 1. The number of carbonyl (C=O) groups excluding carboxylic acids is 1. The van der Waals surface area contributed by atoms with Crippen molar-refractivity contribution in [3.05, 3.63) is 0 Å². The summed E-state index contributed by atoms with van der Waals surface area (Å²) in [5.41, 5.74) is 0. The predicted molar refractivity (Wildman–Crippen MR) is 65.6 cm³/mol. The van der Waals surface area contributed by atoms with Crippen molar-refractivity contribution < 1.29 is 14.7 Å². The first-order valence-corrected chi connectivity index (χ1v) is 6.23. The lowest BCUT2D eigenvalue weighted by molar-refractivity contribution is -0.141. The zero-order valence-corrected chi connectivity index (χ0v) is 10.8. The standard InChI is InChI=1S/C9H17NO3S2/c1-4-15-5-6(7(11)12)10-8(13)9(2,3)14/h6,14H,4-5H2,1-3H3,(H,10,13)(H,11,12). The minimum atomic E-state index is -1.01. The second kappa shape index (κ2) is 6.27. The minimum absolute atomic E-state index is 0.366. The molecule has 0 fully saturated rings. The zero-order valence-electron chi connectivity index (χ0n) is 9.11. The molecule has 0 rings (SSSR count). The van der Waals surface area contributed by atoms with Gasteiger partial charge < -0.3 is 10.4 Å². The number of hydrogen-bond donors (Lipinski definition) is 3. The van der Waals surface area contributed by atoms with Crippen LogP contribution in [0.15, 0.2) is 0 Å². The molecule has 0 bridgehead atoms. The second-order valence-electron chi connectivity index (χ2n) is 3.58. The van der Waals surface area contributed by atoms with E-state index in [9.17, 15) is 9.59 Å². The van der Waals surface area contributed by atoms with Crippen LogP contribution in [0.2, 0.25) is 0 Å². The van der Waals surface area contributed by atoms with Gasteiger partial charge in [-0.15, -0.1) is 0 Å². The van der Waals surface area contributed by atoms with Gasteiger partial charge in [0.1, 0.15) is 6.04 Å². The van der Waals surface area contributed by atoms with Crippen molar-refractivity contribution >= 4 is 36.3 Å². The van der Waals surface area contributed by atoms with Crippen LogP contribution in [0.3, 0.4) is 0 Å². The van der Waals surface area contributed by atoms with Crippen molar-refractivity contribution in [1.29, 1.82) is 0 Å². The van der Waals surface area contributed by atoms with Gasteiger partial charge in [-0.25, -0.2) is 4.79 Å². The van der Waals surface area contributed by atoms with Gasteiger partial charge in [0.25, 0.3) is 0 Å². The maximum absolute atomic E-state index is 11.5. The third-order valence-corrected chi connectivity index (χ3v) is 2.83. The Balaban J connectivity index is 4.29. The highest BCUT2D eigenvalue weighted by molar-refractivity contribution is 7.99. The van der Waals surface area contributed by atoms with E-state index in [1.54, 1.807) is 13.8 Å². The predicted octanol–water partition coefficient (Wildman–Crippen LogP) is 1.02. The summed E-state index contributed by atoms with van der Waals surface area (Å²) in [7, 11) is 0. The van der Waals surface area contributed by atoms with Crippen LogP contribution < -0.4 is 5.32 Å². The highest BCUT2D eigenvalue weighted by Gasteiger charge is 2.27. The summed E-state index contributed by atoms with van der Waals surface area (Å²) in [4.78, 5) is 22.3. The van der Waals surface area contributed by atoms with E-state index in [0.717, 1.165) is 5.75 Å².